The van der Waals surface area contributed by atoms with Crippen molar-refractivity contribution in [3.05, 3.63) is 59.9 Å². The van der Waals surface area contributed by atoms with E-state index >= 15 is 0 Å². The third kappa shape index (κ3) is 6.08. The van der Waals surface area contributed by atoms with Crippen molar-refractivity contribution in [3.8, 4) is 5.75 Å². The standard InChI is InChI=1S/C15H14F3NOS/c16-15(17,18)20-14-6-4-12(5-7-14)11-21-10-8-13-3-1-2-9-19-13/h1-7,9H,8,10-11H2. The Labute approximate surface area is 125 Å². The number of hydrogen-bond donors (Lipinski definition) is 0. The Hall–Kier alpha value is -1.69. The molecular formula is C15H14F3NOS. The van der Waals surface area contributed by atoms with Crippen LogP contribution in [0.2, 0.25) is 0 Å². The van der Waals surface area contributed by atoms with Gasteiger partial charge < -0.3 is 4.74 Å². The van der Waals surface area contributed by atoms with Gasteiger partial charge in [-0.2, -0.15) is 11.8 Å². The van der Waals surface area contributed by atoms with Gasteiger partial charge in [0, 0.05) is 17.6 Å². The maximum absolute atomic E-state index is 12.0. The number of alkyl halides is 3. The van der Waals surface area contributed by atoms with Gasteiger partial charge in [0.1, 0.15) is 5.75 Å². The summed E-state index contributed by atoms with van der Waals surface area (Å²) >= 11 is 1.72. The fourth-order valence-corrected chi connectivity index (χ4v) is 2.63. The predicted molar refractivity (Wildman–Crippen MR) is 77.2 cm³/mol. The van der Waals surface area contributed by atoms with Gasteiger partial charge >= 0.3 is 6.36 Å². The lowest BCUT2D eigenvalue weighted by molar-refractivity contribution is -0.274. The van der Waals surface area contributed by atoms with E-state index in [-0.39, 0.29) is 5.75 Å². The summed E-state index contributed by atoms with van der Waals surface area (Å²) in [6.07, 6.45) is -2.00. The number of nitrogens with zero attached hydrogens (tertiary/aromatic N) is 1. The Morgan fingerprint density at radius 2 is 1.81 bits per heavy atom. The molecule has 0 unspecified atom stereocenters. The first-order valence-electron chi connectivity index (χ1n) is 6.35. The Morgan fingerprint density at radius 1 is 1.05 bits per heavy atom. The zero-order valence-corrected chi connectivity index (χ0v) is 12.0. The number of benzene rings is 1. The third-order valence-corrected chi connectivity index (χ3v) is 3.68. The lowest BCUT2D eigenvalue weighted by atomic mass is 10.2. The summed E-state index contributed by atoms with van der Waals surface area (Å²) in [6.45, 7) is 0. The van der Waals surface area contributed by atoms with Gasteiger partial charge in [-0.15, -0.1) is 13.2 Å². The van der Waals surface area contributed by atoms with E-state index < -0.39 is 6.36 Å². The van der Waals surface area contributed by atoms with Crippen LogP contribution in [-0.2, 0) is 12.2 Å². The van der Waals surface area contributed by atoms with Gasteiger partial charge in [-0.1, -0.05) is 18.2 Å². The van der Waals surface area contributed by atoms with Crippen molar-refractivity contribution < 1.29 is 17.9 Å². The highest BCUT2D eigenvalue weighted by Gasteiger charge is 2.30. The van der Waals surface area contributed by atoms with Crippen LogP contribution in [0.15, 0.2) is 48.7 Å². The van der Waals surface area contributed by atoms with E-state index in [1.165, 1.54) is 12.1 Å². The molecule has 0 bridgehead atoms. The van der Waals surface area contributed by atoms with Crippen LogP contribution in [-0.4, -0.2) is 17.1 Å². The number of halogens is 3. The van der Waals surface area contributed by atoms with Crippen LogP contribution in [0.3, 0.4) is 0 Å². The lowest BCUT2D eigenvalue weighted by Gasteiger charge is -2.09. The Balaban J connectivity index is 1.74. The van der Waals surface area contributed by atoms with Crippen LogP contribution >= 0.6 is 11.8 Å². The van der Waals surface area contributed by atoms with Crippen LogP contribution in [0.5, 0.6) is 5.75 Å². The number of aromatic nitrogens is 1. The molecule has 0 saturated carbocycles. The molecule has 0 saturated heterocycles. The average molecular weight is 313 g/mol. The fraction of sp³-hybridized carbons (Fsp3) is 0.267. The molecule has 0 spiro atoms. The molecule has 21 heavy (non-hydrogen) atoms. The number of aryl methyl sites for hydroxylation is 1. The van der Waals surface area contributed by atoms with Crippen LogP contribution in [0.25, 0.3) is 0 Å². The highest BCUT2D eigenvalue weighted by molar-refractivity contribution is 7.98. The molecule has 0 fully saturated rings. The number of thioether (sulfide) groups is 1. The minimum atomic E-state index is -4.64. The van der Waals surface area contributed by atoms with Gasteiger partial charge in [0.05, 0.1) is 0 Å². The summed E-state index contributed by atoms with van der Waals surface area (Å²) in [6, 6.07) is 11.8. The van der Waals surface area contributed by atoms with Crippen molar-refractivity contribution in [2.24, 2.45) is 0 Å². The van der Waals surface area contributed by atoms with Crippen LogP contribution in [0.1, 0.15) is 11.3 Å². The van der Waals surface area contributed by atoms with E-state index in [0.29, 0.717) is 0 Å². The molecule has 0 aliphatic rings. The largest absolute Gasteiger partial charge is 0.573 e. The number of rotatable bonds is 6. The minimum absolute atomic E-state index is 0.190. The molecule has 0 aliphatic heterocycles. The summed E-state index contributed by atoms with van der Waals surface area (Å²) in [5, 5.41) is 0. The monoisotopic (exact) mass is 313 g/mol. The SMILES string of the molecule is FC(F)(F)Oc1ccc(CSCCc2ccccn2)cc1. The molecule has 1 aromatic heterocycles. The molecule has 0 N–H and O–H groups in total. The summed E-state index contributed by atoms with van der Waals surface area (Å²) in [5.74, 6) is 1.47. The smallest absolute Gasteiger partial charge is 0.406 e. The van der Waals surface area contributed by atoms with E-state index in [0.717, 1.165) is 29.2 Å². The van der Waals surface area contributed by atoms with Gasteiger partial charge in [-0.3, -0.25) is 4.98 Å². The molecule has 0 aliphatic carbocycles. The number of pyridine rings is 1. The third-order valence-electron chi connectivity index (χ3n) is 2.65. The second kappa shape index (κ2) is 7.36. The predicted octanol–water partition coefficient (Wildman–Crippen LogP) is 4.46. The van der Waals surface area contributed by atoms with E-state index in [1.807, 2.05) is 18.2 Å². The Morgan fingerprint density at radius 3 is 2.43 bits per heavy atom. The molecule has 0 atom stereocenters. The first-order chi connectivity index (χ1) is 10.0. The molecule has 0 amide bonds. The molecule has 112 valence electrons. The maximum atomic E-state index is 12.0. The number of ether oxygens (including phenoxy) is 1. The van der Waals surface area contributed by atoms with Crippen LogP contribution < -0.4 is 4.74 Å². The van der Waals surface area contributed by atoms with Gasteiger partial charge in [0.25, 0.3) is 0 Å². The molecule has 1 aromatic carbocycles. The molecule has 6 heteroatoms. The van der Waals surface area contributed by atoms with Crippen molar-refractivity contribution in [1.29, 1.82) is 0 Å². The second-order valence-corrected chi connectivity index (χ2v) is 5.42. The molecule has 2 aromatic rings. The van der Waals surface area contributed by atoms with E-state index in [2.05, 4.69) is 9.72 Å². The Bertz CT molecular complexity index is 543. The van der Waals surface area contributed by atoms with E-state index in [9.17, 15) is 13.2 Å². The van der Waals surface area contributed by atoms with Crippen molar-refractivity contribution in [1.82, 2.24) is 4.98 Å². The first-order valence-corrected chi connectivity index (χ1v) is 7.51. The summed E-state index contributed by atoms with van der Waals surface area (Å²) in [4.78, 5) is 4.23. The molecule has 0 radical (unpaired) electrons. The topological polar surface area (TPSA) is 22.1 Å². The lowest BCUT2D eigenvalue weighted by Crippen LogP contribution is -2.16. The van der Waals surface area contributed by atoms with Gasteiger partial charge in [-0.25, -0.2) is 0 Å². The van der Waals surface area contributed by atoms with Crippen molar-refractivity contribution in [2.75, 3.05) is 5.75 Å². The average Bonchev–Trinajstić information content (AvgIpc) is 2.45. The van der Waals surface area contributed by atoms with Gasteiger partial charge in [0.2, 0.25) is 0 Å². The number of hydrogen-bond acceptors (Lipinski definition) is 3. The summed E-state index contributed by atoms with van der Waals surface area (Å²) in [5.41, 5.74) is 2.01. The molecule has 2 nitrogen and oxygen atoms in total. The minimum Gasteiger partial charge on any atom is -0.406 e. The van der Waals surface area contributed by atoms with Crippen LogP contribution in [0.4, 0.5) is 13.2 Å². The zero-order chi connectivity index (χ0) is 15.1. The highest BCUT2D eigenvalue weighted by atomic mass is 32.2. The zero-order valence-electron chi connectivity index (χ0n) is 11.1. The van der Waals surface area contributed by atoms with Crippen molar-refractivity contribution in [2.45, 2.75) is 18.5 Å². The molecule has 1 heterocycles. The van der Waals surface area contributed by atoms with E-state index in [4.69, 9.17) is 0 Å². The Kier molecular flexibility index (Phi) is 5.50. The molecular weight excluding hydrogens is 299 g/mol. The highest BCUT2D eigenvalue weighted by Crippen LogP contribution is 2.23. The van der Waals surface area contributed by atoms with Gasteiger partial charge in [-0.05, 0) is 42.0 Å². The van der Waals surface area contributed by atoms with Gasteiger partial charge in [0.15, 0.2) is 0 Å². The van der Waals surface area contributed by atoms with Crippen molar-refractivity contribution >= 4 is 11.8 Å². The van der Waals surface area contributed by atoms with E-state index in [1.54, 1.807) is 30.1 Å². The fourth-order valence-electron chi connectivity index (χ4n) is 1.70. The molecule has 2 rings (SSSR count). The first kappa shape index (κ1) is 15.7. The normalized spacial score (nSPS) is 11.4. The summed E-state index contributed by atoms with van der Waals surface area (Å²) in [7, 11) is 0. The second-order valence-electron chi connectivity index (χ2n) is 4.32. The van der Waals surface area contributed by atoms with Crippen LogP contribution in [0, 0.1) is 0 Å². The van der Waals surface area contributed by atoms with Crippen molar-refractivity contribution in [3.63, 3.8) is 0 Å². The maximum Gasteiger partial charge on any atom is 0.573 e. The quantitative estimate of drug-likeness (QED) is 0.735. The summed E-state index contributed by atoms with van der Waals surface area (Å²) < 4.78 is 39.9.